The lowest BCUT2D eigenvalue weighted by molar-refractivity contribution is -0.133. The fraction of sp³-hybridized carbons (Fsp3) is 0.500. The highest BCUT2D eigenvalue weighted by Gasteiger charge is 2.27. The minimum Gasteiger partial charge on any atom is -0.364 e. The molecule has 0 unspecified atom stereocenters. The number of hydrogen-bond acceptors (Lipinski definition) is 5. The Bertz CT molecular complexity index is 850. The zero-order valence-corrected chi connectivity index (χ0v) is 14.6. The van der Waals surface area contributed by atoms with Crippen LogP contribution in [0.15, 0.2) is 12.4 Å². The zero-order chi connectivity index (χ0) is 19.6. The molecule has 3 rings (SSSR count). The number of anilines is 1. The molecule has 3 heterocycles. The first-order valence-corrected chi connectivity index (χ1v) is 8.44. The molecule has 0 saturated carbocycles. The third-order valence-electron chi connectivity index (χ3n) is 4.31. The van der Waals surface area contributed by atoms with Crippen LogP contribution in [0.5, 0.6) is 0 Å². The van der Waals surface area contributed by atoms with Gasteiger partial charge >= 0.3 is 6.18 Å². The number of fused-ring (bicyclic) bond motifs is 1. The summed E-state index contributed by atoms with van der Waals surface area (Å²) in [6, 6.07) is 0.0173. The Morgan fingerprint density at radius 1 is 1.41 bits per heavy atom. The van der Waals surface area contributed by atoms with Gasteiger partial charge in [-0.3, -0.25) is 9.59 Å². The number of nitrogens with zero attached hydrogens (tertiary/aromatic N) is 3. The summed E-state index contributed by atoms with van der Waals surface area (Å²) >= 11 is 0. The average Bonchev–Trinajstić information content (AvgIpc) is 3.20. The Kier molecular flexibility index (Phi) is 5.19. The molecule has 146 valence electrons. The summed E-state index contributed by atoms with van der Waals surface area (Å²) in [7, 11) is 0. The smallest absolute Gasteiger partial charge is 0.364 e. The van der Waals surface area contributed by atoms with E-state index in [-0.39, 0.29) is 23.0 Å². The molecular formula is C16H19F3N6O2. The maximum Gasteiger partial charge on any atom is 0.390 e. The molecule has 0 radical (unpaired) electrons. The third kappa shape index (κ3) is 4.66. The molecule has 11 heteroatoms. The summed E-state index contributed by atoms with van der Waals surface area (Å²) in [6.45, 7) is 2.20. The van der Waals surface area contributed by atoms with Gasteiger partial charge < -0.3 is 20.5 Å². The molecule has 2 aromatic rings. The number of rotatable bonds is 5. The van der Waals surface area contributed by atoms with Crippen molar-refractivity contribution in [1.82, 2.24) is 25.2 Å². The molecule has 0 aromatic carbocycles. The molecule has 0 aliphatic carbocycles. The van der Waals surface area contributed by atoms with Gasteiger partial charge in [-0.15, -0.1) is 0 Å². The Morgan fingerprint density at radius 3 is 2.85 bits per heavy atom. The summed E-state index contributed by atoms with van der Waals surface area (Å²) in [6.07, 6.45) is -1.81. The van der Waals surface area contributed by atoms with Gasteiger partial charge in [-0.05, 0) is 6.42 Å². The quantitative estimate of drug-likeness (QED) is 0.728. The first-order valence-electron chi connectivity index (χ1n) is 8.44. The Morgan fingerprint density at radius 2 is 2.19 bits per heavy atom. The molecule has 8 nitrogen and oxygen atoms in total. The monoisotopic (exact) mass is 384 g/mol. The second kappa shape index (κ2) is 7.41. The van der Waals surface area contributed by atoms with Gasteiger partial charge in [0.05, 0.1) is 18.2 Å². The van der Waals surface area contributed by atoms with E-state index in [1.807, 2.05) is 0 Å². The number of aromatic nitrogens is 3. The van der Waals surface area contributed by atoms with E-state index in [4.69, 9.17) is 0 Å². The number of carbonyl (C=O) groups excluding carboxylic acids is 2. The van der Waals surface area contributed by atoms with Crippen molar-refractivity contribution >= 4 is 28.8 Å². The van der Waals surface area contributed by atoms with Gasteiger partial charge in [-0.2, -0.15) is 13.2 Å². The summed E-state index contributed by atoms with van der Waals surface area (Å²) in [4.78, 5) is 36.6. The predicted molar refractivity (Wildman–Crippen MR) is 91.2 cm³/mol. The molecule has 0 spiro atoms. The van der Waals surface area contributed by atoms with Crippen LogP contribution in [0.4, 0.5) is 19.0 Å². The number of amides is 2. The predicted octanol–water partition coefficient (Wildman–Crippen LogP) is 1.67. The van der Waals surface area contributed by atoms with Crippen molar-refractivity contribution in [2.45, 2.75) is 32.0 Å². The van der Waals surface area contributed by atoms with Crippen molar-refractivity contribution in [3.63, 3.8) is 0 Å². The molecule has 0 bridgehead atoms. The van der Waals surface area contributed by atoms with Crippen molar-refractivity contribution < 1.29 is 22.8 Å². The zero-order valence-electron chi connectivity index (χ0n) is 14.6. The Balaban J connectivity index is 1.69. The number of carbonyl (C=O) groups is 2. The van der Waals surface area contributed by atoms with Crippen LogP contribution in [0, 0.1) is 0 Å². The SMILES string of the molecule is CC(=O)N1CC[C@H](Nc2cnc3[nH]cc(C(=O)NCCC(F)(F)F)c3n2)C1. The van der Waals surface area contributed by atoms with Gasteiger partial charge in [0.1, 0.15) is 11.3 Å². The van der Waals surface area contributed by atoms with E-state index in [9.17, 15) is 22.8 Å². The lowest BCUT2D eigenvalue weighted by Gasteiger charge is -2.15. The number of hydrogen-bond donors (Lipinski definition) is 3. The van der Waals surface area contributed by atoms with Crippen molar-refractivity contribution in [2.75, 3.05) is 25.0 Å². The van der Waals surface area contributed by atoms with E-state index in [0.29, 0.717) is 24.6 Å². The van der Waals surface area contributed by atoms with Crippen LogP contribution >= 0.6 is 0 Å². The fourth-order valence-corrected chi connectivity index (χ4v) is 2.92. The van der Waals surface area contributed by atoms with E-state index >= 15 is 0 Å². The normalized spacial score (nSPS) is 17.3. The van der Waals surface area contributed by atoms with Gasteiger partial charge in [0.25, 0.3) is 5.91 Å². The standard InChI is InChI=1S/C16H19F3N6O2/c1-9(26)25-5-2-10(8-25)23-12-7-22-14-13(24-12)11(6-21-14)15(27)20-4-3-16(17,18)19/h6-7,10H,2-5,8H2,1H3,(H,20,27)(H,21,22)(H,23,24)/t10-/m0/s1. The van der Waals surface area contributed by atoms with Crippen LogP contribution in [0.1, 0.15) is 30.1 Å². The van der Waals surface area contributed by atoms with Crippen LogP contribution in [-0.2, 0) is 4.79 Å². The number of halogens is 3. The molecule has 1 aliphatic heterocycles. The van der Waals surface area contributed by atoms with E-state index in [2.05, 4.69) is 25.6 Å². The summed E-state index contributed by atoms with van der Waals surface area (Å²) in [5, 5.41) is 5.41. The summed E-state index contributed by atoms with van der Waals surface area (Å²) < 4.78 is 36.6. The van der Waals surface area contributed by atoms with Crippen LogP contribution in [0.3, 0.4) is 0 Å². The molecule has 1 saturated heterocycles. The van der Waals surface area contributed by atoms with E-state index in [0.717, 1.165) is 6.42 Å². The van der Waals surface area contributed by atoms with Gasteiger partial charge in [-0.1, -0.05) is 0 Å². The van der Waals surface area contributed by atoms with Crippen LogP contribution in [0.2, 0.25) is 0 Å². The Labute approximate surface area is 152 Å². The highest BCUT2D eigenvalue weighted by Crippen LogP contribution is 2.20. The first kappa shape index (κ1) is 18.9. The van der Waals surface area contributed by atoms with Gasteiger partial charge in [0.15, 0.2) is 5.65 Å². The van der Waals surface area contributed by atoms with Crippen molar-refractivity contribution in [1.29, 1.82) is 0 Å². The number of aromatic amines is 1. The van der Waals surface area contributed by atoms with Crippen LogP contribution in [0.25, 0.3) is 11.2 Å². The number of likely N-dealkylation sites (tertiary alicyclic amines) is 1. The lowest BCUT2D eigenvalue weighted by Crippen LogP contribution is -2.29. The topological polar surface area (TPSA) is 103 Å². The number of nitrogens with one attached hydrogen (secondary N) is 3. The maximum atomic E-state index is 12.2. The number of alkyl halides is 3. The largest absolute Gasteiger partial charge is 0.390 e. The fourth-order valence-electron chi connectivity index (χ4n) is 2.92. The lowest BCUT2D eigenvalue weighted by atomic mass is 10.2. The minimum atomic E-state index is -4.33. The summed E-state index contributed by atoms with van der Waals surface area (Å²) in [5.41, 5.74) is 0.754. The van der Waals surface area contributed by atoms with E-state index < -0.39 is 25.0 Å². The van der Waals surface area contributed by atoms with Crippen molar-refractivity contribution in [3.8, 4) is 0 Å². The highest BCUT2D eigenvalue weighted by molar-refractivity contribution is 6.04. The van der Waals surface area contributed by atoms with Gasteiger partial charge in [-0.25, -0.2) is 9.97 Å². The first-order chi connectivity index (χ1) is 12.7. The second-order valence-electron chi connectivity index (χ2n) is 6.37. The molecule has 1 atom stereocenters. The van der Waals surface area contributed by atoms with Gasteiger partial charge in [0.2, 0.25) is 5.91 Å². The summed E-state index contributed by atoms with van der Waals surface area (Å²) in [5.74, 6) is -0.216. The highest BCUT2D eigenvalue weighted by atomic mass is 19.4. The average molecular weight is 384 g/mol. The molecule has 1 aliphatic rings. The second-order valence-corrected chi connectivity index (χ2v) is 6.37. The molecule has 2 aromatic heterocycles. The van der Waals surface area contributed by atoms with Crippen LogP contribution in [-0.4, -0.2) is 63.5 Å². The molecule has 1 fully saturated rings. The molecule has 2 amide bonds. The maximum absolute atomic E-state index is 12.2. The Hall–Kier alpha value is -2.85. The molecule has 3 N–H and O–H groups in total. The van der Waals surface area contributed by atoms with Crippen molar-refractivity contribution in [3.05, 3.63) is 18.0 Å². The third-order valence-corrected chi connectivity index (χ3v) is 4.31. The van der Waals surface area contributed by atoms with E-state index in [1.54, 1.807) is 4.90 Å². The van der Waals surface area contributed by atoms with Crippen molar-refractivity contribution in [2.24, 2.45) is 0 Å². The van der Waals surface area contributed by atoms with Gasteiger partial charge in [0, 0.05) is 38.8 Å². The minimum absolute atomic E-state index is 0.00397. The van der Waals surface area contributed by atoms with Crippen LogP contribution < -0.4 is 10.6 Å². The molecular weight excluding hydrogens is 365 g/mol. The number of H-pyrrole nitrogens is 1. The van der Waals surface area contributed by atoms with E-state index in [1.165, 1.54) is 19.3 Å². The molecule has 27 heavy (non-hydrogen) atoms.